The third kappa shape index (κ3) is 5.15. The van der Waals surface area contributed by atoms with Gasteiger partial charge in [-0.05, 0) is 36.4 Å². The molecule has 2 aliphatic rings. The van der Waals surface area contributed by atoms with Gasteiger partial charge in [0.15, 0.2) is 0 Å². The standard InChI is InChI=1S/C23H23ClF3N7O3S/c1-31-19-14-33(13-15(19)12-28-31)22(35)29-17-2-4-18(5-3-17)38(36,37)34-8-6-32(7-9-34)21-11-16(23(25,26)27)10-20(24)30-21/h2-5,10-12H,6-9,13-14H2,1H3,(H,29,35). The summed E-state index contributed by atoms with van der Waals surface area (Å²) in [5, 5.41) is 6.65. The molecule has 0 unspecified atom stereocenters. The first-order valence-corrected chi connectivity index (χ1v) is 13.4. The molecule has 2 aromatic heterocycles. The van der Waals surface area contributed by atoms with Crippen molar-refractivity contribution >= 4 is 39.2 Å². The van der Waals surface area contributed by atoms with Crippen molar-refractivity contribution in [3.05, 3.63) is 64.6 Å². The zero-order valence-corrected chi connectivity index (χ0v) is 21.7. The first kappa shape index (κ1) is 26.3. The van der Waals surface area contributed by atoms with Gasteiger partial charge < -0.3 is 15.1 Å². The van der Waals surface area contributed by atoms with Gasteiger partial charge >= 0.3 is 12.2 Å². The van der Waals surface area contributed by atoms with Crippen molar-refractivity contribution in [1.29, 1.82) is 0 Å². The van der Waals surface area contributed by atoms with Gasteiger partial charge in [0.1, 0.15) is 11.0 Å². The van der Waals surface area contributed by atoms with Crippen LogP contribution in [0.2, 0.25) is 5.15 Å². The Hall–Kier alpha value is -3.36. The molecule has 10 nitrogen and oxygen atoms in total. The number of nitrogens with one attached hydrogen (secondary N) is 1. The Kier molecular flexibility index (Phi) is 6.73. The van der Waals surface area contributed by atoms with Crippen LogP contribution in [0.3, 0.4) is 0 Å². The molecule has 2 amide bonds. The maximum absolute atomic E-state index is 13.2. The summed E-state index contributed by atoms with van der Waals surface area (Å²) in [4.78, 5) is 19.9. The number of anilines is 2. The minimum absolute atomic E-state index is 0.0410. The molecule has 0 radical (unpaired) electrons. The zero-order valence-electron chi connectivity index (χ0n) is 20.1. The second kappa shape index (κ2) is 9.75. The lowest BCUT2D eigenvalue weighted by Gasteiger charge is -2.35. The van der Waals surface area contributed by atoms with Crippen LogP contribution in [0.4, 0.5) is 29.5 Å². The molecule has 5 rings (SSSR count). The van der Waals surface area contributed by atoms with Crippen molar-refractivity contribution < 1.29 is 26.4 Å². The van der Waals surface area contributed by atoms with E-state index in [9.17, 15) is 26.4 Å². The summed E-state index contributed by atoms with van der Waals surface area (Å²) in [5.74, 6) is 0.0410. The summed E-state index contributed by atoms with van der Waals surface area (Å²) in [6, 6.07) is 7.19. The van der Waals surface area contributed by atoms with Crippen molar-refractivity contribution in [2.24, 2.45) is 7.05 Å². The molecule has 0 bridgehead atoms. The number of pyridine rings is 1. The number of aryl methyl sites for hydroxylation is 1. The number of fused-ring (bicyclic) bond motifs is 1. The molecule has 1 saturated heterocycles. The summed E-state index contributed by atoms with van der Waals surface area (Å²) >= 11 is 5.78. The SMILES string of the molecule is Cn1ncc2c1CN(C(=O)Nc1ccc(S(=O)(=O)N3CCN(c4cc(C(F)(F)F)cc(Cl)n4)CC3)cc1)C2. The lowest BCUT2D eigenvalue weighted by Crippen LogP contribution is -2.49. The summed E-state index contributed by atoms with van der Waals surface area (Å²) in [6.07, 6.45) is -2.84. The molecule has 0 spiro atoms. The lowest BCUT2D eigenvalue weighted by molar-refractivity contribution is -0.137. The van der Waals surface area contributed by atoms with E-state index in [2.05, 4.69) is 15.4 Å². The van der Waals surface area contributed by atoms with Crippen LogP contribution in [-0.2, 0) is 36.3 Å². The fourth-order valence-corrected chi connectivity index (χ4v) is 6.08. The van der Waals surface area contributed by atoms with E-state index in [4.69, 9.17) is 11.6 Å². The number of amides is 2. The second-order valence-corrected chi connectivity index (χ2v) is 11.3. The fourth-order valence-electron chi connectivity index (χ4n) is 4.46. The number of halogens is 4. The Bertz CT molecular complexity index is 1470. The van der Waals surface area contributed by atoms with Crippen LogP contribution in [0.15, 0.2) is 47.5 Å². The average Bonchev–Trinajstić information content (AvgIpc) is 3.46. The molecule has 202 valence electrons. The summed E-state index contributed by atoms with van der Waals surface area (Å²) in [7, 11) is -2.04. The van der Waals surface area contributed by atoms with Crippen molar-refractivity contribution in [3.8, 4) is 0 Å². The summed E-state index contributed by atoms with van der Waals surface area (Å²) in [6.45, 7) is 1.27. The van der Waals surface area contributed by atoms with E-state index in [1.54, 1.807) is 20.7 Å². The molecule has 0 atom stereocenters. The van der Waals surface area contributed by atoms with E-state index in [1.807, 2.05) is 7.05 Å². The maximum atomic E-state index is 13.2. The Morgan fingerprint density at radius 2 is 1.74 bits per heavy atom. The number of carbonyl (C=O) groups excluding carboxylic acids is 1. The van der Waals surface area contributed by atoms with Crippen molar-refractivity contribution in [1.82, 2.24) is 24.0 Å². The maximum Gasteiger partial charge on any atom is 0.416 e. The zero-order chi connectivity index (χ0) is 27.2. The van der Waals surface area contributed by atoms with Gasteiger partial charge in [0, 0.05) is 44.5 Å². The monoisotopic (exact) mass is 569 g/mol. The van der Waals surface area contributed by atoms with Crippen molar-refractivity contribution in [2.45, 2.75) is 24.2 Å². The Morgan fingerprint density at radius 3 is 2.37 bits per heavy atom. The van der Waals surface area contributed by atoms with E-state index in [0.29, 0.717) is 18.8 Å². The van der Waals surface area contributed by atoms with Crippen LogP contribution in [0, 0.1) is 0 Å². The first-order valence-electron chi connectivity index (χ1n) is 11.6. The molecule has 1 N–H and O–H groups in total. The highest BCUT2D eigenvalue weighted by Gasteiger charge is 2.34. The molecule has 2 aliphatic heterocycles. The number of piperazine rings is 1. The van der Waals surface area contributed by atoms with Gasteiger partial charge in [0.2, 0.25) is 10.0 Å². The smallest absolute Gasteiger partial charge is 0.354 e. The fraction of sp³-hybridized carbons (Fsp3) is 0.348. The molecular weight excluding hydrogens is 547 g/mol. The predicted molar refractivity (Wildman–Crippen MR) is 133 cm³/mol. The Morgan fingerprint density at radius 1 is 1.05 bits per heavy atom. The van der Waals surface area contributed by atoms with Crippen LogP contribution in [0.5, 0.6) is 0 Å². The van der Waals surface area contributed by atoms with E-state index in [-0.39, 0.29) is 48.1 Å². The van der Waals surface area contributed by atoms with Crippen LogP contribution >= 0.6 is 11.6 Å². The number of aromatic nitrogens is 3. The lowest BCUT2D eigenvalue weighted by atomic mass is 10.2. The third-order valence-corrected chi connectivity index (χ3v) is 8.66. The van der Waals surface area contributed by atoms with Gasteiger partial charge in [-0.1, -0.05) is 11.6 Å². The normalized spacial score (nSPS) is 16.6. The third-order valence-electron chi connectivity index (χ3n) is 6.55. The highest BCUT2D eigenvalue weighted by Crippen LogP contribution is 2.33. The first-order chi connectivity index (χ1) is 17.9. The minimum Gasteiger partial charge on any atom is -0.354 e. The molecule has 4 heterocycles. The number of carbonyl (C=O) groups is 1. The summed E-state index contributed by atoms with van der Waals surface area (Å²) in [5.41, 5.74) is 1.48. The molecule has 15 heteroatoms. The molecular formula is C23H23ClF3N7O3S. The number of rotatable bonds is 4. The highest BCUT2D eigenvalue weighted by molar-refractivity contribution is 7.89. The van der Waals surface area contributed by atoms with Gasteiger partial charge in [0.25, 0.3) is 0 Å². The van der Waals surface area contributed by atoms with Crippen LogP contribution in [0.1, 0.15) is 16.8 Å². The summed E-state index contributed by atoms with van der Waals surface area (Å²) < 4.78 is 68.7. The van der Waals surface area contributed by atoms with Gasteiger partial charge in [-0.25, -0.2) is 18.2 Å². The molecule has 3 aromatic rings. The molecule has 38 heavy (non-hydrogen) atoms. The Labute approximate surface area is 221 Å². The Balaban J connectivity index is 1.20. The van der Waals surface area contributed by atoms with E-state index < -0.39 is 21.8 Å². The molecule has 1 aromatic carbocycles. The van der Waals surface area contributed by atoms with Crippen LogP contribution in [0.25, 0.3) is 0 Å². The molecule has 1 fully saturated rings. The van der Waals surface area contributed by atoms with Gasteiger partial charge in [-0.3, -0.25) is 4.68 Å². The van der Waals surface area contributed by atoms with Crippen molar-refractivity contribution in [2.75, 3.05) is 36.4 Å². The highest BCUT2D eigenvalue weighted by atomic mass is 35.5. The average molecular weight is 570 g/mol. The van der Waals surface area contributed by atoms with Gasteiger partial charge in [0.05, 0.1) is 35.4 Å². The van der Waals surface area contributed by atoms with Gasteiger partial charge in [-0.15, -0.1) is 0 Å². The quantitative estimate of drug-likeness (QED) is 0.482. The van der Waals surface area contributed by atoms with Gasteiger partial charge in [-0.2, -0.15) is 22.6 Å². The van der Waals surface area contributed by atoms with E-state index >= 15 is 0 Å². The number of benzene rings is 1. The number of hydrogen-bond donors (Lipinski definition) is 1. The molecule has 0 saturated carbocycles. The predicted octanol–water partition coefficient (Wildman–Crippen LogP) is 3.55. The van der Waals surface area contributed by atoms with E-state index in [0.717, 1.165) is 23.4 Å². The number of urea groups is 1. The molecule has 0 aliphatic carbocycles. The number of nitrogens with zero attached hydrogens (tertiary/aromatic N) is 6. The largest absolute Gasteiger partial charge is 0.416 e. The van der Waals surface area contributed by atoms with E-state index in [1.165, 1.54) is 28.6 Å². The van der Waals surface area contributed by atoms with Crippen LogP contribution < -0.4 is 10.2 Å². The second-order valence-electron chi connectivity index (χ2n) is 8.98. The van der Waals surface area contributed by atoms with Crippen molar-refractivity contribution in [3.63, 3.8) is 0 Å². The van der Waals surface area contributed by atoms with Crippen LogP contribution in [-0.4, -0.2) is 64.6 Å². The number of sulfonamides is 1. The topological polar surface area (TPSA) is 104 Å². The number of hydrogen-bond acceptors (Lipinski definition) is 6. The minimum atomic E-state index is -4.57. The number of alkyl halides is 3.